The highest BCUT2D eigenvalue weighted by atomic mass is 35.5. The van der Waals surface area contributed by atoms with E-state index in [0.29, 0.717) is 11.6 Å². The smallest absolute Gasteiger partial charge is 0.208 e. The van der Waals surface area contributed by atoms with Crippen molar-refractivity contribution in [3.63, 3.8) is 0 Å². The van der Waals surface area contributed by atoms with Crippen LogP contribution < -0.4 is 9.64 Å². The second-order valence-electron chi connectivity index (χ2n) is 4.92. The van der Waals surface area contributed by atoms with E-state index >= 15 is 0 Å². The van der Waals surface area contributed by atoms with Crippen LogP contribution in [-0.2, 0) is 6.54 Å². The zero-order valence-electron chi connectivity index (χ0n) is 12.7. The molecule has 0 saturated heterocycles. The lowest BCUT2D eigenvalue weighted by Gasteiger charge is -2.17. The molecule has 0 unspecified atom stereocenters. The third-order valence-corrected chi connectivity index (χ3v) is 4.57. The predicted octanol–water partition coefficient (Wildman–Crippen LogP) is 3.90. The standard InChI is InChI=1S/C16H15ClN4OS/c1-21(10-11-9-12(17)6-7-14(11)22-2)16-20-19-15(23-16)13-5-3-4-8-18-13/h3-9H,10H2,1-2H3. The lowest BCUT2D eigenvalue weighted by atomic mass is 10.2. The zero-order valence-corrected chi connectivity index (χ0v) is 14.3. The van der Waals surface area contributed by atoms with Crippen LogP contribution in [0.15, 0.2) is 42.6 Å². The lowest BCUT2D eigenvalue weighted by Crippen LogP contribution is -2.16. The summed E-state index contributed by atoms with van der Waals surface area (Å²) in [6, 6.07) is 11.3. The van der Waals surface area contributed by atoms with Gasteiger partial charge in [0.1, 0.15) is 11.4 Å². The van der Waals surface area contributed by atoms with E-state index in [-0.39, 0.29) is 0 Å². The average Bonchev–Trinajstić information content (AvgIpc) is 3.06. The Bertz CT molecular complexity index is 794. The first-order chi connectivity index (χ1) is 11.2. The Kier molecular flexibility index (Phi) is 4.73. The Labute approximate surface area is 143 Å². The summed E-state index contributed by atoms with van der Waals surface area (Å²) in [7, 11) is 3.61. The van der Waals surface area contributed by atoms with Crippen molar-refractivity contribution in [2.24, 2.45) is 0 Å². The number of benzene rings is 1. The van der Waals surface area contributed by atoms with Crippen molar-refractivity contribution in [1.82, 2.24) is 15.2 Å². The number of halogens is 1. The zero-order chi connectivity index (χ0) is 16.2. The molecule has 1 aromatic carbocycles. The molecule has 2 aromatic heterocycles. The minimum Gasteiger partial charge on any atom is -0.496 e. The second kappa shape index (κ2) is 6.93. The van der Waals surface area contributed by atoms with Gasteiger partial charge in [-0.05, 0) is 30.3 Å². The van der Waals surface area contributed by atoms with Crippen molar-refractivity contribution in [2.45, 2.75) is 6.54 Å². The molecule has 0 amide bonds. The summed E-state index contributed by atoms with van der Waals surface area (Å²) >= 11 is 7.58. The molecule has 0 N–H and O–H groups in total. The number of aromatic nitrogens is 3. The Balaban J connectivity index is 1.81. The molecule has 0 spiro atoms. The Hall–Kier alpha value is -2.18. The number of pyridine rings is 1. The van der Waals surface area contributed by atoms with Gasteiger partial charge in [0, 0.05) is 30.4 Å². The van der Waals surface area contributed by atoms with Crippen LogP contribution in [-0.4, -0.2) is 29.3 Å². The number of ether oxygens (including phenoxy) is 1. The van der Waals surface area contributed by atoms with Crippen LogP contribution in [0.3, 0.4) is 0 Å². The first-order valence-corrected chi connectivity index (χ1v) is 8.15. The van der Waals surface area contributed by atoms with Gasteiger partial charge in [-0.3, -0.25) is 4.98 Å². The molecule has 0 aliphatic carbocycles. The van der Waals surface area contributed by atoms with Crippen molar-refractivity contribution in [1.29, 1.82) is 0 Å². The molecule has 0 aliphatic rings. The van der Waals surface area contributed by atoms with E-state index in [1.165, 1.54) is 11.3 Å². The van der Waals surface area contributed by atoms with Gasteiger partial charge >= 0.3 is 0 Å². The SMILES string of the molecule is COc1ccc(Cl)cc1CN(C)c1nnc(-c2ccccn2)s1. The minimum absolute atomic E-state index is 0.626. The van der Waals surface area contributed by atoms with Gasteiger partial charge in [0.05, 0.1) is 7.11 Å². The number of hydrogen-bond acceptors (Lipinski definition) is 6. The topological polar surface area (TPSA) is 51.1 Å². The maximum atomic E-state index is 6.08. The molecule has 7 heteroatoms. The fraction of sp³-hybridized carbons (Fsp3) is 0.188. The number of anilines is 1. The molecular weight excluding hydrogens is 332 g/mol. The van der Waals surface area contributed by atoms with E-state index in [4.69, 9.17) is 16.3 Å². The van der Waals surface area contributed by atoms with Crippen molar-refractivity contribution in [3.05, 3.63) is 53.2 Å². The Morgan fingerprint density at radius 3 is 2.83 bits per heavy atom. The normalized spacial score (nSPS) is 10.6. The van der Waals surface area contributed by atoms with Crippen LogP contribution in [0.2, 0.25) is 5.02 Å². The van der Waals surface area contributed by atoms with E-state index in [9.17, 15) is 0 Å². The molecule has 0 bridgehead atoms. The van der Waals surface area contributed by atoms with E-state index in [2.05, 4.69) is 15.2 Å². The molecule has 0 atom stereocenters. The third-order valence-electron chi connectivity index (χ3n) is 3.27. The van der Waals surface area contributed by atoms with Gasteiger partial charge < -0.3 is 9.64 Å². The largest absolute Gasteiger partial charge is 0.496 e. The van der Waals surface area contributed by atoms with Crippen LogP contribution in [0.4, 0.5) is 5.13 Å². The van der Waals surface area contributed by atoms with Crippen molar-refractivity contribution < 1.29 is 4.74 Å². The van der Waals surface area contributed by atoms with Gasteiger partial charge in [-0.25, -0.2) is 0 Å². The lowest BCUT2D eigenvalue weighted by molar-refractivity contribution is 0.409. The summed E-state index contributed by atoms with van der Waals surface area (Å²) in [4.78, 5) is 6.31. The molecule has 5 nitrogen and oxygen atoms in total. The Morgan fingerprint density at radius 2 is 2.09 bits per heavy atom. The molecule has 3 aromatic rings. The maximum absolute atomic E-state index is 6.08. The number of nitrogens with zero attached hydrogens (tertiary/aromatic N) is 4. The van der Waals surface area contributed by atoms with Gasteiger partial charge in [0.25, 0.3) is 0 Å². The predicted molar refractivity (Wildman–Crippen MR) is 93.3 cm³/mol. The van der Waals surface area contributed by atoms with Gasteiger partial charge in [-0.15, -0.1) is 10.2 Å². The summed E-state index contributed by atoms with van der Waals surface area (Å²) in [5.74, 6) is 0.802. The van der Waals surface area contributed by atoms with E-state index < -0.39 is 0 Å². The van der Waals surface area contributed by atoms with Crippen molar-refractivity contribution in [3.8, 4) is 16.5 Å². The highest BCUT2D eigenvalue weighted by Crippen LogP contribution is 2.29. The maximum Gasteiger partial charge on any atom is 0.208 e. The molecule has 3 rings (SSSR count). The molecule has 118 valence electrons. The average molecular weight is 347 g/mol. The van der Waals surface area contributed by atoms with E-state index in [1.54, 1.807) is 13.3 Å². The van der Waals surface area contributed by atoms with Gasteiger partial charge in [-0.2, -0.15) is 0 Å². The van der Waals surface area contributed by atoms with Crippen LogP contribution in [0.1, 0.15) is 5.56 Å². The summed E-state index contributed by atoms with van der Waals surface area (Å²) < 4.78 is 5.38. The van der Waals surface area contributed by atoms with Crippen LogP contribution in [0.5, 0.6) is 5.75 Å². The molecular formula is C16H15ClN4OS. The quantitative estimate of drug-likeness (QED) is 0.701. The molecule has 2 heterocycles. The van der Waals surface area contributed by atoms with Gasteiger partial charge in [0.2, 0.25) is 5.13 Å². The first kappa shape index (κ1) is 15.7. The molecule has 0 fully saturated rings. The highest BCUT2D eigenvalue weighted by molar-refractivity contribution is 7.18. The third kappa shape index (κ3) is 3.60. The summed E-state index contributed by atoms with van der Waals surface area (Å²) in [6.45, 7) is 0.626. The van der Waals surface area contributed by atoms with E-state index in [0.717, 1.165) is 27.1 Å². The second-order valence-corrected chi connectivity index (χ2v) is 6.31. The van der Waals surface area contributed by atoms with Crippen molar-refractivity contribution in [2.75, 3.05) is 19.1 Å². The monoisotopic (exact) mass is 346 g/mol. The first-order valence-electron chi connectivity index (χ1n) is 6.96. The number of hydrogen-bond donors (Lipinski definition) is 0. The molecule has 0 saturated carbocycles. The number of rotatable bonds is 5. The van der Waals surface area contributed by atoms with Gasteiger partial charge in [-0.1, -0.05) is 29.0 Å². The molecule has 23 heavy (non-hydrogen) atoms. The Morgan fingerprint density at radius 1 is 1.22 bits per heavy atom. The van der Waals surface area contributed by atoms with Crippen LogP contribution in [0, 0.1) is 0 Å². The van der Waals surface area contributed by atoms with E-state index in [1.807, 2.05) is 48.3 Å². The minimum atomic E-state index is 0.626. The number of methoxy groups -OCH3 is 1. The van der Waals surface area contributed by atoms with Crippen LogP contribution >= 0.6 is 22.9 Å². The van der Waals surface area contributed by atoms with Crippen LogP contribution in [0.25, 0.3) is 10.7 Å². The summed E-state index contributed by atoms with van der Waals surface area (Å²) in [5.41, 5.74) is 1.82. The fourth-order valence-corrected chi connectivity index (χ4v) is 3.13. The summed E-state index contributed by atoms with van der Waals surface area (Å²) in [5, 5.41) is 10.8. The van der Waals surface area contributed by atoms with Crippen molar-refractivity contribution >= 4 is 28.1 Å². The molecule has 0 aliphatic heterocycles. The highest BCUT2D eigenvalue weighted by Gasteiger charge is 2.13. The molecule has 0 radical (unpaired) electrons. The summed E-state index contributed by atoms with van der Waals surface area (Å²) in [6.07, 6.45) is 1.75. The fourth-order valence-electron chi connectivity index (χ4n) is 2.16. The van der Waals surface area contributed by atoms with Gasteiger partial charge in [0.15, 0.2) is 5.01 Å².